The van der Waals surface area contributed by atoms with Crippen LogP contribution in [-0.2, 0) is 0 Å². The number of hydrogen-bond donors (Lipinski definition) is 1. The van der Waals surface area contributed by atoms with Gasteiger partial charge in [0, 0.05) is 4.47 Å². The lowest BCUT2D eigenvalue weighted by Gasteiger charge is -1.98. The first-order valence-electron chi connectivity index (χ1n) is 6.43. The quantitative estimate of drug-likeness (QED) is 0.607. The molecule has 0 saturated heterocycles. The van der Waals surface area contributed by atoms with Gasteiger partial charge >= 0.3 is 0 Å². The fourth-order valence-electron chi connectivity index (χ4n) is 2.17. The number of aromatic nitrogens is 5. The standard InChI is InChI=1S/C15H10BrN5/c16-10-5-7-11(8-6-10)21-9-14(19-20-21)15-17-12-3-1-2-4-13(12)18-15/h1-9H,(H,17,18). The van der Waals surface area contributed by atoms with Crippen LogP contribution in [0.2, 0.25) is 0 Å². The number of H-pyrrole nitrogens is 1. The molecule has 0 amide bonds. The van der Waals surface area contributed by atoms with Crippen molar-refractivity contribution in [2.45, 2.75) is 0 Å². The van der Waals surface area contributed by atoms with Gasteiger partial charge in [-0.05, 0) is 36.4 Å². The van der Waals surface area contributed by atoms with E-state index in [2.05, 4.69) is 36.2 Å². The second-order valence-electron chi connectivity index (χ2n) is 4.63. The van der Waals surface area contributed by atoms with E-state index in [1.807, 2.05) is 54.7 Å². The van der Waals surface area contributed by atoms with Gasteiger partial charge in [-0.2, -0.15) is 0 Å². The van der Waals surface area contributed by atoms with Crippen LogP contribution in [0.15, 0.2) is 59.2 Å². The highest BCUT2D eigenvalue weighted by atomic mass is 79.9. The van der Waals surface area contributed by atoms with E-state index in [0.29, 0.717) is 5.69 Å². The molecule has 21 heavy (non-hydrogen) atoms. The van der Waals surface area contributed by atoms with Crippen molar-refractivity contribution in [3.8, 4) is 17.2 Å². The van der Waals surface area contributed by atoms with Crippen LogP contribution in [0.3, 0.4) is 0 Å². The first-order valence-corrected chi connectivity index (χ1v) is 7.22. The summed E-state index contributed by atoms with van der Waals surface area (Å²) in [5.41, 5.74) is 3.58. The number of nitrogens with zero attached hydrogens (tertiary/aromatic N) is 4. The summed E-state index contributed by atoms with van der Waals surface area (Å²) >= 11 is 3.42. The summed E-state index contributed by atoms with van der Waals surface area (Å²) in [6.45, 7) is 0. The molecule has 0 bridgehead atoms. The fraction of sp³-hybridized carbons (Fsp3) is 0. The summed E-state index contributed by atoms with van der Waals surface area (Å²) in [7, 11) is 0. The van der Waals surface area contributed by atoms with Crippen molar-refractivity contribution in [3.05, 3.63) is 59.2 Å². The van der Waals surface area contributed by atoms with Gasteiger partial charge in [0.2, 0.25) is 0 Å². The monoisotopic (exact) mass is 339 g/mol. The van der Waals surface area contributed by atoms with Gasteiger partial charge in [-0.1, -0.05) is 33.3 Å². The Bertz CT molecular complexity index is 874. The molecule has 0 fully saturated rings. The van der Waals surface area contributed by atoms with E-state index >= 15 is 0 Å². The van der Waals surface area contributed by atoms with Crippen LogP contribution in [0.5, 0.6) is 0 Å². The lowest BCUT2D eigenvalue weighted by Crippen LogP contribution is -1.93. The Morgan fingerprint density at radius 3 is 2.62 bits per heavy atom. The van der Waals surface area contributed by atoms with Gasteiger partial charge in [0.1, 0.15) is 5.69 Å². The van der Waals surface area contributed by atoms with E-state index in [1.54, 1.807) is 4.68 Å². The average molecular weight is 340 g/mol. The Balaban J connectivity index is 1.75. The molecule has 4 rings (SSSR count). The highest BCUT2D eigenvalue weighted by Gasteiger charge is 2.09. The van der Waals surface area contributed by atoms with E-state index < -0.39 is 0 Å². The minimum atomic E-state index is 0.717. The van der Waals surface area contributed by atoms with Crippen molar-refractivity contribution >= 4 is 27.0 Å². The summed E-state index contributed by atoms with van der Waals surface area (Å²) in [6, 6.07) is 15.8. The highest BCUT2D eigenvalue weighted by Crippen LogP contribution is 2.19. The summed E-state index contributed by atoms with van der Waals surface area (Å²) in [5, 5.41) is 8.34. The minimum absolute atomic E-state index is 0.717. The number of imidazole rings is 1. The molecule has 2 heterocycles. The summed E-state index contributed by atoms with van der Waals surface area (Å²) in [5.74, 6) is 0.722. The molecule has 6 heteroatoms. The van der Waals surface area contributed by atoms with Crippen LogP contribution < -0.4 is 0 Å². The number of halogens is 1. The maximum atomic E-state index is 4.53. The molecule has 102 valence electrons. The molecule has 0 spiro atoms. The fourth-order valence-corrected chi connectivity index (χ4v) is 2.43. The first kappa shape index (κ1) is 12.3. The first-order chi connectivity index (χ1) is 10.3. The number of benzene rings is 2. The van der Waals surface area contributed by atoms with Crippen molar-refractivity contribution in [2.75, 3.05) is 0 Å². The van der Waals surface area contributed by atoms with Crippen molar-refractivity contribution in [2.24, 2.45) is 0 Å². The second kappa shape index (κ2) is 4.82. The maximum absolute atomic E-state index is 4.53. The maximum Gasteiger partial charge on any atom is 0.160 e. The van der Waals surface area contributed by atoms with Gasteiger partial charge < -0.3 is 4.98 Å². The number of hydrogen-bond acceptors (Lipinski definition) is 3. The minimum Gasteiger partial charge on any atom is -0.337 e. The molecule has 2 aromatic heterocycles. The topological polar surface area (TPSA) is 59.4 Å². The number of fused-ring (bicyclic) bond motifs is 1. The second-order valence-corrected chi connectivity index (χ2v) is 5.54. The summed E-state index contributed by atoms with van der Waals surface area (Å²) in [4.78, 5) is 7.78. The van der Waals surface area contributed by atoms with E-state index in [-0.39, 0.29) is 0 Å². The molecule has 4 aromatic rings. The number of aromatic amines is 1. The molecule has 0 atom stereocenters. The molecule has 0 aliphatic rings. The predicted octanol–water partition coefficient (Wildman–Crippen LogP) is 3.57. The summed E-state index contributed by atoms with van der Waals surface area (Å²) in [6.07, 6.45) is 1.86. The third-order valence-electron chi connectivity index (χ3n) is 3.22. The molecule has 0 aliphatic heterocycles. The molecule has 5 nitrogen and oxygen atoms in total. The van der Waals surface area contributed by atoms with E-state index in [0.717, 1.165) is 27.0 Å². The van der Waals surface area contributed by atoms with Gasteiger partial charge in [0.05, 0.1) is 22.9 Å². The highest BCUT2D eigenvalue weighted by molar-refractivity contribution is 9.10. The predicted molar refractivity (Wildman–Crippen MR) is 84.1 cm³/mol. The zero-order valence-electron chi connectivity index (χ0n) is 10.9. The van der Waals surface area contributed by atoms with Crippen LogP contribution in [0.25, 0.3) is 28.2 Å². The van der Waals surface area contributed by atoms with Crippen molar-refractivity contribution in [1.82, 2.24) is 25.0 Å². The molecule has 2 aromatic carbocycles. The third-order valence-corrected chi connectivity index (χ3v) is 3.75. The van der Waals surface area contributed by atoms with Gasteiger partial charge in [-0.3, -0.25) is 0 Å². The number of nitrogens with one attached hydrogen (secondary N) is 1. The van der Waals surface area contributed by atoms with Crippen molar-refractivity contribution < 1.29 is 0 Å². The Morgan fingerprint density at radius 2 is 1.81 bits per heavy atom. The molecular weight excluding hydrogens is 330 g/mol. The molecule has 0 radical (unpaired) electrons. The molecule has 0 unspecified atom stereocenters. The van der Waals surface area contributed by atoms with Gasteiger partial charge in [-0.25, -0.2) is 9.67 Å². The van der Waals surface area contributed by atoms with Crippen LogP contribution >= 0.6 is 15.9 Å². The largest absolute Gasteiger partial charge is 0.337 e. The Kier molecular flexibility index (Phi) is 2.82. The van der Waals surface area contributed by atoms with Crippen molar-refractivity contribution in [3.63, 3.8) is 0 Å². The Hall–Kier alpha value is -2.47. The zero-order chi connectivity index (χ0) is 14.2. The smallest absolute Gasteiger partial charge is 0.160 e. The third kappa shape index (κ3) is 2.23. The molecule has 0 saturated carbocycles. The van der Waals surface area contributed by atoms with Gasteiger partial charge in [0.25, 0.3) is 0 Å². The number of rotatable bonds is 2. The lowest BCUT2D eigenvalue weighted by atomic mass is 10.3. The Morgan fingerprint density at radius 1 is 1.00 bits per heavy atom. The SMILES string of the molecule is Brc1ccc(-n2cc(-c3nc4ccccc4[nH]3)nn2)cc1. The van der Waals surface area contributed by atoms with Crippen LogP contribution in [-0.4, -0.2) is 25.0 Å². The zero-order valence-corrected chi connectivity index (χ0v) is 12.4. The van der Waals surface area contributed by atoms with Crippen LogP contribution in [0, 0.1) is 0 Å². The number of para-hydroxylation sites is 2. The van der Waals surface area contributed by atoms with E-state index in [9.17, 15) is 0 Å². The molecule has 0 aliphatic carbocycles. The average Bonchev–Trinajstić information content (AvgIpc) is 3.14. The Labute approximate surface area is 128 Å². The normalized spacial score (nSPS) is 11.1. The van der Waals surface area contributed by atoms with Gasteiger partial charge in [-0.15, -0.1) is 5.10 Å². The van der Waals surface area contributed by atoms with Crippen LogP contribution in [0.4, 0.5) is 0 Å². The molecule has 1 N–H and O–H groups in total. The van der Waals surface area contributed by atoms with Gasteiger partial charge in [0.15, 0.2) is 5.82 Å². The molecular formula is C15H10BrN5. The van der Waals surface area contributed by atoms with Crippen LogP contribution in [0.1, 0.15) is 0 Å². The summed E-state index contributed by atoms with van der Waals surface area (Å²) < 4.78 is 2.76. The van der Waals surface area contributed by atoms with E-state index in [1.165, 1.54) is 0 Å². The van der Waals surface area contributed by atoms with Crippen molar-refractivity contribution in [1.29, 1.82) is 0 Å². The lowest BCUT2D eigenvalue weighted by molar-refractivity contribution is 0.803. The van der Waals surface area contributed by atoms with E-state index in [4.69, 9.17) is 0 Å².